The zero-order valence-corrected chi connectivity index (χ0v) is 9.65. The topological polar surface area (TPSA) is 40.5 Å². The summed E-state index contributed by atoms with van der Waals surface area (Å²) in [5, 5.41) is 9.79. The van der Waals surface area contributed by atoms with E-state index in [2.05, 4.69) is 0 Å². The van der Waals surface area contributed by atoms with Gasteiger partial charge in [-0.1, -0.05) is 29.8 Å². The number of β-amino-alcohol motifs (C(OH)–C–C–N with tert-alkyl or cyclic N) is 1. The number of halogens is 1. The lowest BCUT2D eigenvalue weighted by atomic mass is 10.1. The molecular formula is C12H14ClNO2. The van der Waals surface area contributed by atoms with E-state index in [1.54, 1.807) is 4.90 Å². The van der Waals surface area contributed by atoms with E-state index in [9.17, 15) is 4.79 Å². The predicted octanol–water partition coefficient (Wildman–Crippen LogP) is 1.48. The molecule has 0 unspecified atom stereocenters. The van der Waals surface area contributed by atoms with Crippen molar-refractivity contribution in [2.75, 3.05) is 13.1 Å². The third kappa shape index (κ3) is 2.54. The summed E-state index contributed by atoms with van der Waals surface area (Å²) in [5.41, 5.74) is 0.999. The van der Waals surface area contributed by atoms with Gasteiger partial charge in [-0.15, -0.1) is 0 Å². The van der Waals surface area contributed by atoms with E-state index in [1.807, 2.05) is 24.3 Å². The van der Waals surface area contributed by atoms with E-state index in [4.69, 9.17) is 16.7 Å². The van der Waals surface area contributed by atoms with Gasteiger partial charge in [-0.2, -0.15) is 0 Å². The Hall–Kier alpha value is -1.06. The number of amides is 1. The largest absolute Gasteiger partial charge is 0.389 e. The molecule has 0 bridgehead atoms. The lowest BCUT2D eigenvalue weighted by molar-refractivity contribution is -0.141. The molecule has 1 saturated heterocycles. The van der Waals surface area contributed by atoms with Crippen molar-refractivity contribution < 1.29 is 9.90 Å². The van der Waals surface area contributed by atoms with Crippen LogP contribution < -0.4 is 0 Å². The molecule has 3 nitrogen and oxygen atoms in total. The minimum Gasteiger partial charge on any atom is -0.389 e. The number of hydrogen-bond acceptors (Lipinski definition) is 2. The molecule has 0 aromatic heterocycles. The number of nitrogens with zero attached hydrogens (tertiary/aromatic N) is 1. The summed E-state index contributed by atoms with van der Waals surface area (Å²) in [6, 6.07) is 7.55. The molecule has 2 rings (SSSR count). The number of aliphatic hydroxyl groups is 1. The molecule has 0 radical (unpaired) electrons. The van der Waals surface area contributed by atoms with Crippen LogP contribution in [0.1, 0.15) is 12.0 Å². The molecule has 1 N–H and O–H groups in total. The van der Waals surface area contributed by atoms with Crippen LogP contribution in [0.3, 0.4) is 0 Å². The minimum absolute atomic E-state index is 0.0882. The highest BCUT2D eigenvalue weighted by molar-refractivity contribution is 6.31. The fourth-order valence-corrected chi connectivity index (χ4v) is 1.99. The number of likely N-dealkylation sites (tertiary alicyclic amines) is 1. The van der Waals surface area contributed by atoms with Crippen LogP contribution in [-0.2, 0) is 11.2 Å². The van der Waals surface area contributed by atoms with Crippen LogP contribution in [0.5, 0.6) is 0 Å². The summed E-state index contributed by atoms with van der Waals surface area (Å²) in [6.45, 7) is 0.947. The third-order valence-electron chi connectivity index (χ3n) is 2.78. The first-order valence-electron chi connectivity index (χ1n) is 5.36. The molecule has 1 amide bonds. The third-order valence-corrected chi connectivity index (χ3v) is 3.15. The van der Waals surface area contributed by atoms with E-state index in [0.29, 0.717) is 31.0 Å². The molecule has 1 heterocycles. The first-order valence-corrected chi connectivity index (χ1v) is 5.74. The lowest BCUT2D eigenvalue weighted by Crippen LogP contribution is -2.53. The highest BCUT2D eigenvalue weighted by atomic mass is 35.5. The van der Waals surface area contributed by atoms with Crippen molar-refractivity contribution in [3.8, 4) is 0 Å². The predicted molar refractivity (Wildman–Crippen MR) is 62.4 cm³/mol. The van der Waals surface area contributed by atoms with Crippen molar-refractivity contribution in [2.45, 2.75) is 18.9 Å². The fourth-order valence-electron chi connectivity index (χ4n) is 1.76. The van der Waals surface area contributed by atoms with E-state index < -0.39 is 0 Å². The van der Waals surface area contributed by atoms with Gasteiger partial charge in [0.15, 0.2) is 0 Å². The van der Waals surface area contributed by atoms with Gasteiger partial charge in [0, 0.05) is 24.5 Å². The van der Waals surface area contributed by atoms with Crippen LogP contribution in [-0.4, -0.2) is 35.1 Å². The van der Waals surface area contributed by atoms with Crippen LogP contribution in [0.25, 0.3) is 0 Å². The Kier molecular flexibility index (Phi) is 3.46. The SMILES string of the molecule is O=C(CCc1ccccc1Cl)N1CC(O)C1. The molecule has 16 heavy (non-hydrogen) atoms. The summed E-state index contributed by atoms with van der Waals surface area (Å²) in [7, 11) is 0. The molecule has 0 aliphatic carbocycles. The number of hydrogen-bond donors (Lipinski definition) is 1. The summed E-state index contributed by atoms with van der Waals surface area (Å²) in [5.74, 6) is 0.0882. The van der Waals surface area contributed by atoms with Crippen molar-refractivity contribution in [1.29, 1.82) is 0 Å². The summed E-state index contributed by atoms with van der Waals surface area (Å²) >= 11 is 5.99. The van der Waals surface area contributed by atoms with Crippen LogP contribution >= 0.6 is 11.6 Å². The fraction of sp³-hybridized carbons (Fsp3) is 0.417. The Balaban J connectivity index is 1.83. The van der Waals surface area contributed by atoms with Crippen LogP contribution in [0.4, 0.5) is 0 Å². The van der Waals surface area contributed by atoms with Gasteiger partial charge in [-0.25, -0.2) is 0 Å². The average molecular weight is 240 g/mol. The second-order valence-corrected chi connectivity index (χ2v) is 4.45. The molecule has 1 aromatic rings. The van der Waals surface area contributed by atoms with Gasteiger partial charge in [-0.3, -0.25) is 4.79 Å². The maximum atomic E-state index is 11.6. The molecule has 1 aliphatic rings. The first-order chi connectivity index (χ1) is 7.66. The van der Waals surface area contributed by atoms with E-state index in [0.717, 1.165) is 5.56 Å². The van der Waals surface area contributed by atoms with Crippen molar-refractivity contribution in [3.05, 3.63) is 34.9 Å². The number of benzene rings is 1. The molecule has 0 saturated carbocycles. The maximum absolute atomic E-state index is 11.6. The first kappa shape index (κ1) is 11.4. The summed E-state index contributed by atoms with van der Waals surface area (Å²) < 4.78 is 0. The normalized spacial score (nSPS) is 16.0. The smallest absolute Gasteiger partial charge is 0.223 e. The second kappa shape index (κ2) is 4.85. The monoisotopic (exact) mass is 239 g/mol. The second-order valence-electron chi connectivity index (χ2n) is 4.04. The molecule has 0 spiro atoms. The Morgan fingerprint density at radius 1 is 1.44 bits per heavy atom. The standard InChI is InChI=1S/C12H14ClNO2/c13-11-4-2-1-3-9(11)5-6-12(16)14-7-10(15)8-14/h1-4,10,15H,5-8H2. The minimum atomic E-state index is -0.329. The van der Waals surface area contributed by atoms with Crippen molar-refractivity contribution in [2.24, 2.45) is 0 Å². The van der Waals surface area contributed by atoms with Gasteiger partial charge in [0.1, 0.15) is 0 Å². The molecule has 1 fully saturated rings. The molecule has 0 atom stereocenters. The molecule has 4 heteroatoms. The highest BCUT2D eigenvalue weighted by Gasteiger charge is 2.28. The van der Waals surface area contributed by atoms with Gasteiger partial charge in [-0.05, 0) is 18.1 Å². The number of rotatable bonds is 3. The quantitative estimate of drug-likeness (QED) is 0.868. The zero-order chi connectivity index (χ0) is 11.5. The maximum Gasteiger partial charge on any atom is 0.223 e. The Morgan fingerprint density at radius 2 is 2.12 bits per heavy atom. The van der Waals surface area contributed by atoms with Crippen molar-refractivity contribution in [1.82, 2.24) is 4.90 Å². The number of carbonyl (C=O) groups excluding carboxylic acids is 1. The number of aryl methyl sites for hydroxylation is 1. The summed E-state index contributed by atoms with van der Waals surface area (Å²) in [4.78, 5) is 13.3. The Bertz CT molecular complexity index is 388. The van der Waals surface area contributed by atoms with E-state index in [1.165, 1.54) is 0 Å². The van der Waals surface area contributed by atoms with Crippen molar-refractivity contribution >= 4 is 17.5 Å². The highest BCUT2D eigenvalue weighted by Crippen LogP contribution is 2.18. The van der Waals surface area contributed by atoms with Crippen LogP contribution in [0, 0.1) is 0 Å². The van der Waals surface area contributed by atoms with Gasteiger partial charge < -0.3 is 10.0 Å². The van der Waals surface area contributed by atoms with Crippen LogP contribution in [0.15, 0.2) is 24.3 Å². The van der Waals surface area contributed by atoms with Crippen molar-refractivity contribution in [3.63, 3.8) is 0 Å². The van der Waals surface area contributed by atoms with Gasteiger partial charge in [0.05, 0.1) is 6.10 Å². The molecule has 1 aliphatic heterocycles. The van der Waals surface area contributed by atoms with Crippen LogP contribution in [0.2, 0.25) is 5.02 Å². The number of carbonyl (C=O) groups is 1. The molecular weight excluding hydrogens is 226 g/mol. The summed E-state index contributed by atoms with van der Waals surface area (Å²) in [6.07, 6.45) is 0.783. The van der Waals surface area contributed by atoms with Gasteiger partial charge in [0.25, 0.3) is 0 Å². The Labute approximate surface area is 99.6 Å². The molecule has 86 valence electrons. The van der Waals surface area contributed by atoms with Gasteiger partial charge >= 0.3 is 0 Å². The molecule has 1 aromatic carbocycles. The number of aliphatic hydroxyl groups excluding tert-OH is 1. The lowest BCUT2D eigenvalue weighted by Gasteiger charge is -2.35. The Morgan fingerprint density at radius 3 is 2.75 bits per heavy atom. The average Bonchev–Trinajstić information content (AvgIpc) is 2.23. The van der Waals surface area contributed by atoms with E-state index in [-0.39, 0.29) is 12.0 Å². The van der Waals surface area contributed by atoms with E-state index >= 15 is 0 Å². The van der Waals surface area contributed by atoms with Gasteiger partial charge in [0.2, 0.25) is 5.91 Å². The zero-order valence-electron chi connectivity index (χ0n) is 8.90.